The van der Waals surface area contributed by atoms with E-state index in [4.69, 9.17) is 9.47 Å². The average molecular weight is 263 g/mol. The molecule has 1 N–H and O–H groups in total. The van der Waals surface area contributed by atoms with Gasteiger partial charge in [-0.15, -0.1) is 0 Å². The lowest BCUT2D eigenvalue weighted by Gasteiger charge is -2.20. The number of benzene rings is 1. The number of ether oxygens (including phenoxy) is 2. The predicted octanol–water partition coefficient (Wildman–Crippen LogP) is 2.77. The van der Waals surface area contributed by atoms with E-state index in [1.807, 2.05) is 39.0 Å². The van der Waals surface area contributed by atoms with Crippen LogP contribution >= 0.6 is 0 Å². The van der Waals surface area contributed by atoms with Gasteiger partial charge in [-0.25, -0.2) is 0 Å². The van der Waals surface area contributed by atoms with Crippen molar-refractivity contribution in [2.45, 2.75) is 39.2 Å². The molecule has 0 aromatic heterocycles. The highest BCUT2D eigenvalue weighted by Gasteiger charge is 2.15. The van der Waals surface area contributed by atoms with Crippen LogP contribution in [0.15, 0.2) is 18.2 Å². The van der Waals surface area contributed by atoms with Gasteiger partial charge in [-0.3, -0.25) is 4.79 Å². The van der Waals surface area contributed by atoms with Gasteiger partial charge in [0.15, 0.2) is 0 Å². The van der Waals surface area contributed by atoms with Gasteiger partial charge in [0.1, 0.15) is 12.4 Å². The lowest BCUT2D eigenvalue weighted by atomic mass is 10.0. The maximum absolute atomic E-state index is 11.3. The molecule has 0 atom stereocenters. The molecule has 0 radical (unpaired) electrons. The van der Waals surface area contributed by atoms with Gasteiger partial charge in [-0.2, -0.15) is 0 Å². The van der Waals surface area contributed by atoms with E-state index in [-0.39, 0.29) is 11.5 Å². The number of amides is 1. The van der Waals surface area contributed by atoms with Crippen molar-refractivity contribution in [1.29, 1.82) is 0 Å². The molecule has 0 fully saturated rings. The zero-order chi connectivity index (χ0) is 13.9. The Morgan fingerprint density at radius 3 is 2.74 bits per heavy atom. The zero-order valence-electron chi connectivity index (χ0n) is 11.8. The van der Waals surface area contributed by atoms with Crippen LogP contribution in [0.5, 0.6) is 5.75 Å². The number of aryl methyl sites for hydroxylation is 1. The fourth-order valence-corrected chi connectivity index (χ4v) is 1.95. The Balaban J connectivity index is 1.88. The Hall–Kier alpha value is -1.55. The van der Waals surface area contributed by atoms with Crippen molar-refractivity contribution < 1.29 is 14.3 Å². The minimum atomic E-state index is -0.146. The van der Waals surface area contributed by atoms with Crippen molar-refractivity contribution in [3.8, 4) is 5.75 Å². The molecule has 0 bridgehead atoms. The van der Waals surface area contributed by atoms with Crippen LogP contribution in [0, 0.1) is 0 Å². The summed E-state index contributed by atoms with van der Waals surface area (Å²) in [5, 5.41) is 2.86. The molecule has 0 spiro atoms. The van der Waals surface area contributed by atoms with Gasteiger partial charge < -0.3 is 14.8 Å². The fraction of sp³-hybridized carbons (Fsp3) is 0.533. The highest BCUT2D eigenvalue weighted by Crippen LogP contribution is 2.27. The Morgan fingerprint density at radius 1 is 1.21 bits per heavy atom. The summed E-state index contributed by atoms with van der Waals surface area (Å²) in [4.78, 5) is 11.3. The second kappa shape index (κ2) is 5.61. The average Bonchev–Trinajstić information content (AvgIpc) is 2.33. The van der Waals surface area contributed by atoms with Gasteiger partial charge in [0.25, 0.3) is 0 Å². The van der Waals surface area contributed by atoms with E-state index >= 15 is 0 Å². The van der Waals surface area contributed by atoms with Gasteiger partial charge in [-0.05, 0) is 38.8 Å². The highest BCUT2D eigenvalue weighted by atomic mass is 16.5. The van der Waals surface area contributed by atoms with Gasteiger partial charge in [0, 0.05) is 18.2 Å². The van der Waals surface area contributed by atoms with Crippen LogP contribution < -0.4 is 10.1 Å². The predicted molar refractivity (Wildman–Crippen MR) is 74.6 cm³/mol. The normalized spacial score (nSPS) is 14.8. The molecule has 1 amide bonds. The topological polar surface area (TPSA) is 47.6 Å². The summed E-state index contributed by atoms with van der Waals surface area (Å²) in [6, 6.07) is 5.83. The number of carbonyl (C=O) groups is 1. The molecule has 104 valence electrons. The molecule has 0 saturated heterocycles. The molecular formula is C15H21NO3. The van der Waals surface area contributed by atoms with Crippen molar-refractivity contribution in [2.24, 2.45) is 0 Å². The minimum Gasteiger partial charge on any atom is -0.491 e. The quantitative estimate of drug-likeness (QED) is 0.850. The van der Waals surface area contributed by atoms with Gasteiger partial charge >= 0.3 is 0 Å². The smallest absolute Gasteiger partial charge is 0.224 e. The Bertz CT molecular complexity index is 463. The highest BCUT2D eigenvalue weighted by molar-refractivity contribution is 5.94. The van der Waals surface area contributed by atoms with Gasteiger partial charge in [-0.1, -0.05) is 6.07 Å². The number of anilines is 1. The minimum absolute atomic E-state index is 0.0701. The molecule has 0 saturated carbocycles. The van der Waals surface area contributed by atoms with E-state index in [9.17, 15) is 4.79 Å². The van der Waals surface area contributed by atoms with Crippen LogP contribution in [0.25, 0.3) is 0 Å². The van der Waals surface area contributed by atoms with E-state index < -0.39 is 0 Å². The maximum Gasteiger partial charge on any atom is 0.224 e. The molecule has 4 nitrogen and oxygen atoms in total. The second-order valence-corrected chi connectivity index (χ2v) is 5.68. The number of rotatable bonds is 4. The zero-order valence-corrected chi connectivity index (χ0v) is 11.8. The summed E-state index contributed by atoms with van der Waals surface area (Å²) in [5.74, 6) is 0.833. The van der Waals surface area contributed by atoms with E-state index in [1.165, 1.54) is 0 Å². The molecule has 2 rings (SSSR count). The summed E-state index contributed by atoms with van der Waals surface area (Å²) < 4.78 is 11.2. The summed E-state index contributed by atoms with van der Waals surface area (Å²) in [6.45, 7) is 7.10. The monoisotopic (exact) mass is 263 g/mol. The second-order valence-electron chi connectivity index (χ2n) is 5.68. The fourth-order valence-electron chi connectivity index (χ4n) is 1.95. The maximum atomic E-state index is 11.3. The Labute approximate surface area is 114 Å². The summed E-state index contributed by atoms with van der Waals surface area (Å²) in [7, 11) is 0. The molecule has 0 aliphatic carbocycles. The number of fused-ring (bicyclic) bond motifs is 1. The van der Waals surface area contributed by atoms with Crippen molar-refractivity contribution in [3.63, 3.8) is 0 Å². The van der Waals surface area contributed by atoms with Gasteiger partial charge in [0.05, 0.1) is 12.2 Å². The molecule has 1 aromatic carbocycles. The lowest BCUT2D eigenvalue weighted by Crippen LogP contribution is -2.22. The van der Waals surface area contributed by atoms with Crippen molar-refractivity contribution in [2.75, 3.05) is 18.5 Å². The molecule has 0 unspecified atom stereocenters. The van der Waals surface area contributed by atoms with Crippen molar-refractivity contribution in [3.05, 3.63) is 23.8 Å². The molecule has 4 heteroatoms. The molecule has 1 aliphatic heterocycles. The van der Waals surface area contributed by atoms with E-state index in [0.29, 0.717) is 19.6 Å². The third-order valence-corrected chi connectivity index (χ3v) is 2.86. The van der Waals surface area contributed by atoms with Crippen molar-refractivity contribution >= 4 is 11.6 Å². The molecule has 1 aromatic rings. The Morgan fingerprint density at radius 2 is 2.00 bits per heavy atom. The van der Waals surface area contributed by atoms with Crippen LogP contribution in [-0.4, -0.2) is 24.7 Å². The summed E-state index contributed by atoms with van der Waals surface area (Å²) in [6.07, 6.45) is 1.36. The first-order valence-corrected chi connectivity index (χ1v) is 6.63. The van der Waals surface area contributed by atoms with Crippen molar-refractivity contribution in [1.82, 2.24) is 0 Å². The number of hydrogen-bond donors (Lipinski definition) is 1. The molecule has 19 heavy (non-hydrogen) atoms. The SMILES string of the molecule is CC(C)(C)OCCOc1ccc2c(c1)NC(=O)CC2. The first-order chi connectivity index (χ1) is 8.94. The van der Waals surface area contributed by atoms with E-state index in [2.05, 4.69) is 5.32 Å². The number of nitrogens with one attached hydrogen (secondary N) is 1. The van der Waals surface area contributed by atoms with Crippen LogP contribution in [0.4, 0.5) is 5.69 Å². The van der Waals surface area contributed by atoms with Crippen LogP contribution in [-0.2, 0) is 16.0 Å². The molecule has 1 heterocycles. The third kappa shape index (κ3) is 4.24. The van der Waals surface area contributed by atoms with Crippen LogP contribution in [0.1, 0.15) is 32.8 Å². The molecule has 1 aliphatic rings. The largest absolute Gasteiger partial charge is 0.491 e. The lowest BCUT2D eigenvalue weighted by molar-refractivity contribution is -0.116. The first kappa shape index (κ1) is 13.9. The van der Waals surface area contributed by atoms with E-state index in [1.54, 1.807) is 0 Å². The number of hydrogen-bond acceptors (Lipinski definition) is 3. The first-order valence-electron chi connectivity index (χ1n) is 6.63. The van der Waals surface area contributed by atoms with Crippen LogP contribution in [0.2, 0.25) is 0 Å². The van der Waals surface area contributed by atoms with E-state index in [0.717, 1.165) is 23.4 Å². The standard InChI is InChI=1S/C15H21NO3/c1-15(2,3)19-9-8-18-12-6-4-11-5-7-14(17)16-13(11)10-12/h4,6,10H,5,7-9H2,1-3H3,(H,16,17). The molecular weight excluding hydrogens is 242 g/mol. The third-order valence-electron chi connectivity index (χ3n) is 2.86. The van der Waals surface area contributed by atoms with Crippen LogP contribution in [0.3, 0.4) is 0 Å². The van der Waals surface area contributed by atoms with Gasteiger partial charge in [0.2, 0.25) is 5.91 Å². The summed E-state index contributed by atoms with van der Waals surface area (Å²) >= 11 is 0. The Kier molecular flexibility index (Phi) is 4.10. The summed E-state index contributed by atoms with van der Waals surface area (Å²) in [5.41, 5.74) is 1.89. The number of carbonyl (C=O) groups excluding carboxylic acids is 1.